The van der Waals surface area contributed by atoms with Crippen LogP contribution in [0.1, 0.15) is 36.8 Å². The van der Waals surface area contributed by atoms with Crippen LogP contribution in [-0.2, 0) is 32.1 Å². The van der Waals surface area contributed by atoms with E-state index in [9.17, 15) is 24.3 Å². The summed E-state index contributed by atoms with van der Waals surface area (Å²) in [6.07, 6.45) is 1.06. The van der Waals surface area contributed by atoms with E-state index >= 15 is 0 Å². The second-order valence-corrected chi connectivity index (χ2v) is 8.17. The zero-order valence-corrected chi connectivity index (χ0v) is 18.2. The molecule has 3 N–H and O–H groups in total. The van der Waals surface area contributed by atoms with Gasteiger partial charge in [-0.15, -0.1) is 0 Å². The lowest BCUT2D eigenvalue weighted by molar-refractivity contribution is -0.144. The van der Waals surface area contributed by atoms with Gasteiger partial charge in [0.1, 0.15) is 24.5 Å². The zero-order chi connectivity index (χ0) is 23.6. The molecule has 0 aromatic heterocycles. The lowest BCUT2D eigenvalue weighted by Gasteiger charge is -2.29. The fourth-order valence-corrected chi connectivity index (χ4v) is 3.94. The van der Waals surface area contributed by atoms with Crippen LogP contribution in [0.4, 0.5) is 4.79 Å². The molecule has 2 aromatic rings. The monoisotopic (exact) mass is 452 g/mol. The first-order chi connectivity index (χ1) is 15.9. The number of ether oxygens (including phenoxy) is 1. The standard InChI is InChI=1S/C25H28N2O6/c28-20-13-7-12-19(15-20)22(24(30)31)27-23(29)21(14-17-8-3-1-4-9-17)26-25(32)33-16-18-10-5-2-6-11-18/h1-6,8-11,19,21-22H,7,12-16H2,(H,26,32)(H,27,29)(H,30,31)/t19-,21-,22-/m0/s1. The first kappa shape index (κ1) is 24.0. The number of Topliss-reactive ketones (excluding diaryl/α,β-unsaturated/α-hetero) is 1. The summed E-state index contributed by atoms with van der Waals surface area (Å²) in [6, 6.07) is 15.9. The van der Waals surface area contributed by atoms with Gasteiger partial charge in [0.25, 0.3) is 0 Å². The van der Waals surface area contributed by atoms with Gasteiger partial charge < -0.3 is 20.5 Å². The van der Waals surface area contributed by atoms with Crippen LogP contribution < -0.4 is 10.6 Å². The molecule has 0 saturated heterocycles. The van der Waals surface area contributed by atoms with Gasteiger partial charge in [-0.25, -0.2) is 9.59 Å². The average molecular weight is 453 g/mol. The highest BCUT2D eigenvalue weighted by Gasteiger charge is 2.35. The number of benzene rings is 2. The Labute approximate surface area is 192 Å². The number of hydrogen-bond acceptors (Lipinski definition) is 5. The van der Waals surface area contributed by atoms with Crippen LogP contribution in [0, 0.1) is 5.92 Å². The zero-order valence-electron chi connectivity index (χ0n) is 18.2. The number of aliphatic carboxylic acids is 1. The molecule has 3 rings (SSSR count). The Balaban J connectivity index is 1.68. The molecule has 2 amide bonds. The molecule has 3 atom stereocenters. The fourth-order valence-electron chi connectivity index (χ4n) is 3.94. The molecule has 1 fully saturated rings. The lowest BCUT2D eigenvalue weighted by Crippen LogP contribution is -2.55. The van der Waals surface area contributed by atoms with E-state index < -0.39 is 36.0 Å². The van der Waals surface area contributed by atoms with Gasteiger partial charge in [-0.1, -0.05) is 60.7 Å². The maximum Gasteiger partial charge on any atom is 0.408 e. The third-order valence-corrected chi connectivity index (χ3v) is 5.66. The average Bonchev–Trinajstić information content (AvgIpc) is 2.82. The SMILES string of the molecule is O=C1CCC[C@H]([C@H](NC(=O)[C@H](Cc2ccccc2)NC(=O)OCc2ccccc2)C(=O)O)C1. The van der Waals surface area contributed by atoms with E-state index in [2.05, 4.69) is 10.6 Å². The number of amides is 2. The third kappa shape index (κ3) is 7.45. The first-order valence-corrected chi connectivity index (χ1v) is 11.0. The Morgan fingerprint density at radius 3 is 2.21 bits per heavy atom. The highest BCUT2D eigenvalue weighted by atomic mass is 16.5. The molecule has 1 aliphatic carbocycles. The molecule has 2 aromatic carbocycles. The van der Waals surface area contributed by atoms with Gasteiger partial charge in [-0.2, -0.15) is 0 Å². The van der Waals surface area contributed by atoms with E-state index in [4.69, 9.17) is 4.74 Å². The largest absolute Gasteiger partial charge is 0.480 e. The summed E-state index contributed by atoms with van der Waals surface area (Å²) in [4.78, 5) is 49.2. The number of alkyl carbamates (subject to hydrolysis) is 1. The molecule has 0 unspecified atom stereocenters. The van der Waals surface area contributed by atoms with Crippen LogP contribution >= 0.6 is 0 Å². The summed E-state index contributed by atoms with van der Waals surface area (Å²) in [7, 11) is 0. The summed E-state index contributed by atoms with van der Waals surface area (Å²) >= 11 is 0. The third-order valence-electron chi connectivity index (χ3n) is 5.66. The Morgan fingerprint density at radius 1 is 0.970 bits per heavy atom. The van der Waals surface area contributed by atoms with E-state index in [0.29, 0.717) is 19.3 Å². The Bertz CT molecular complexity index is 963. The predicted molar refractivity (Wildman–Crippen MR) is 120 cm³/mol. The second kappa shape index (κ2) is 11.8. The maximum atomic E-state index is 13.1. The molecule has 0 aliphatic heterocycles. The highest BCUT2D eigenvalue weighted by Crippen LogP contribution is 2.24. The van der Waals surface area contributed by atoms with Crippen molar-refractivity contribution >= 4 is 23.8 Å². The van der Waals surface area contributed by atoms with Crippen LogP contribution in [0.2, 0.25) is 0 Å². The van der Waals surface area contributed by atoms with Gasteiger partial charge in [-0.3, -0.25) is 9.59 Å². The molecule has 1 aliphatic rings. The smallest absolute Gasteiger partial charge is 0.408 e. The fraction of sp³-hybridized carbons (Fsp3) is 0.360. The number of nitrogens with one attached hydrogen (secondary N) is 2. The number of rotatable bonds is 9. The van der Waals surface area contributed by atoms with Crippen molar-refractivity contribution in [2.24, 2.45) is 5.92 Å². The minimum atomic E-state index is -1.21. The quantitative estimate of drug-likeness (QED) is 0.538. The van der Waals surface area contributed by atoms with Crippen molar-refractivity contribution in [3.8, 4) is 0 Å². The normalized spacial score (nSPS) is 17.5. The number of carboxylic acids is 1. The number of hydrogen-bond donors (Lipinski definition) is 3. The van der Waals surface area contributed by atoms with Gasteiger partial charge in [0.15, 0.2) is 0 Å². The van der Waals surface area contributed by atoms with Crippen LogP contribution in [0.15, 0.2) is 60.7 Å². The molecule has 0 radical (unpaired) electrons. The molecule has 0 heterocycles. The molecule has 1 saturated carbocycles. The number of carbonyl (C=O) groups is 4. The van der Waals surface area contributed by atoms with Crippen molar-refractivity contribution in [3.63, 3.8) is 0 Å². The maximum absolute atomic E-state index is 13.1. The van der Waals surface area contributed by atoms with Crippen molar-refractivity contribution < 1.29 is 29.0 Å². The molecule has 8 nitrogen and oxygen atoms in total. The van der Waals surface area contributed by atoms with Gasteiger partial charge in [0, 0.05) is 19.3 Å². The van der Waals surface area contributed by atoms with Crippen LogP contribution in [0.5, 0.6) is 0 Å². The summed E-state index contributed by atoms with van der Waals surface area (Å²) in [6.45, 7) is 0.0360. The molecule has 0 bridgehead atoms. The summed E-state index contributed by atoms with van der Waals surface area (Å²) in [5, 5.41) is 14.8. The van der Waals surface area contributed by atoms with Gasteiger partial charge in [0.2, 0.25) is 5.91 Å². The Morgan fingerprint density at radius 2 is 1.61 bits per heavy atom. The summed E-state index contributed by atoms with van der Waals surface area (Å²) in [5.41, 5.74) is 1.59. The molecular formula is C25H28N2O6. The van der Waals surface area contributed by atoms with E-state index in [-0.39, 0.29) is 25.2 Å². The Hall–Kier alpha value is -3.68. The minimum absolute atomic E-state index is 0.00445. The van der Waals surface area contributed by atoms with Gasteiger partial charge in [0.05, 0.1) is 0 Å². The summed E-state index contributed by atoms with van der Waals surface area (Å²) in [5.74, 6) is -2.32. The predicted octanol–water partition coefficient (Wildman–Crippen LogP) is 2.85. The molecule has 8 heteroatoms. The topological polar surface area (TPSA) is 122 Å². The second-order valence-electron chi connectivity index (χ2n) is 8.17. The molecule has 33 heavy (non-hydrogen) atoms. The van der Waals surface area contributed by atoms with Crippen molar-refractivity contribution in [1.29, 1.82) is 0 Å². The first-order valence-electron chi connectivity index (χ1n) is 11.0. The minimum Gasteiger partial charge on any atom is -0.480 e. The van der Waals surface area contributed by atoms with E-state index in [0.717, 1.165) is 11.1 Å². The van der Waals surface area contributed by atoms with Gasteiger partial charge in [-0.05, 0) is 29.9 Å². The van der Waals surface area contributed by atoms with Gasteiger partial charge >= 0.3 is 12.1 Å². The molecule has 174 valence electrons. The highest BCUT2D eigenvalue weighted by molar-refractivity contribution is 5.90. The van der Waals surface area contributed by atoms with Crippen LogP contribution in [0.25, 0.3) is 0 Å². The van der Waals surface area contributed by atoms with Crippen LogP contribution in [-0.4, -0.2) is 40.9 Å². The lowest BCUT2D eigenvalue weighted by atomic mass is 9.83. The molecule has 0 spiro atoms. The van der Waals surface area contributed by atoms with Crippen molar-refractivity contribution in [1.82, 2.24) is 10.6 Å². The number of carbonyl (C=O) groups excluding carboxylic acids is 3. The van der Waals surface area contributed by atoms with Crippen molar-refractivity contribution in [3.05, 3.63) is 71.8 Å². The van der Waals surface area contributed by atoms with E-state index in [1.165, 1.54) is 0 Å². The van der Waals surface area contributed by atoms with Crippen molar-refractivity contribution in [2.75, 3.05) is 0 Å². The number of carboxylic acid groups (broad SMARTS) is 1. The molecular weight excluding hydrogens is 424 g/mol. The Kier molecular flexibility index (Phi) is 8.57. The summed E-state index contributed by atoms with van der Waals surface area (Å²) < 4.78 is 5.24. The van der Waals surface area contributed by atoms with E-state index in [1.807, 2.05) is 60.7 Å². The van der Waals surface area contributed by atoms with Crippen LogP contribution in [0.3, 0.4) is 0 Å². The van der Waals surface area contributed by atoms with Crippen molar-refractivity contribution in [2.45, 2.75) is 50.8 Å². The van der Waals surface area contributed by atoms with E-state index in [1.54, 1.807) is 0 Å². The number of ketones is 1.